The fourth-order valence-corrected chi connectivity index (χ4v) is 2.50. The molecule has 0 spiro atoms. The molecule has 0 aliphatic heterocycles. The van der Waals surface area contributed by atoms with Crippen LogP contribution in [0, 0.1) is 5.82 Å². The van der Waals surface area contributed by atoms with E-state index in [-0.39, 0.29) is 11.6 Å². The molecule has 4 rings (SSSR count). The number of aromatic nitrogens is 6. The SMILES string of the molecule is CC(F)(F)CNc1ncc2c(-c3cc(F)c4ncnn4c3)c[nH]c2n1. The lowest BCUT2D eigenvalue weighted by molar-refractivity contribution is 0.0366. The highest BCUT2D eigenvalue weighted by molar-refractivity contribution is 5.93. The Bertz CT molecular complexity index is 1060. The molecule has 0 saturated heterocycles. The number of rotatable bonds is 4. The monoisotopic (exact) mass is 347 g/mol. The van der Waals surface area contributed by atoms with Gasteiger partial charge in [-0.05, 0) is 6.07 Å². The molecule has 0 bridgehead atoms. The Hall–Kier alpha value is -3.17. The van der Waals surface area contributed by atoms with E-state index in [1.807, 2.05) is 0 Å². The maximum Gasteiger partial charge on any atom is 0.262 e. The van der Waals surface area contributed by atoms with E-state index in [4.69, 9.17) is 0 Å². The van der Waals surface area contributed by atoms with Gasteiger partial charge in [-0.2, -0.15) is 10.1 Å². The van der Waals surface area contributed by atoms with Gasteiger partial charge in [0, 0.05) is 42.0 Å². The van der Waals surface area contributed by atoms with Crippen LogP contribution in [-0.4, -0.2) is 42.0 Å². The van der Waals surface area contributed by atoms with E-state index in [0.717, 1.165) is 6.92 Å². The summed E-state index contributed by atoms with van der Waals surface area (Å²) in [4.78, 5) is 15.0. The topological polar surface area (TPSA) is 83.8 Å². The third-order valence-electron chi connectivity index (χ3n) is 3.63. The highest BCUT2D eigenvalue weighted by Crippen LogP contribution is 2.28. The van der Waals surface area contributed by atoms with Gasteiger partial charge in [-0.25, -0.2) is 27.7 Å². The molecule has 0 amide bonds. The van der Waals surface area contributed by atoms with Gasteiger partial charge < -0.3 is 10.3 Å². The largest absolute Gasteiger partial charge is 0.348 e. The van der Waals surface area contributed by atoms with E-state index in [1.54, 1.807) is 12.4 Å². The van der Waals surface area contributed by atoms with Crippen molar-refractivity contribution in [2.75, 3.05) is 11.9 Å². The summed E-state index contributed by atoms with van der Waals surface area (Å²) in [6.45, 7) is 0.236. The molecule has 4 aromatic rings. The van der Waals surface area contributed by atoms with Crippen molar-refractivity contribution in [2.45, 2.75) is 12.8 Å². The number of alkyl halides is 2. The summed E-state index contributed by atoms with van der Waals surface area (Å²) in [6.07, 6.45) is 6.04. The van der Waals surface area contributed by atoms with Crippen molar-refractivity contribution in [1.29, 1.82) is 0 Å². The van der Waals surface area contributed by atoms with E-state index in [1.165, 1.54) is 23.1 Å². The molecule has 0 unspecified atom stereocenters. The number of nitrogens with zero attached hydrogens (tertiary/aromatic N) is 5. The molecule has 0 aliphatic carbocycles. The minimum Gasteiger partial charge on any atom is -0.348 e. The molecule has 0 radical (unpaired) electrons. The Balaban J connectivity index is 1.73. The van der Waals surface area contributed by atoms with Gasteiger partial charge in [-0.1, -0.05) is 0 Å². The van der Waals surface area contributed by atoms with Gasteiger partial charge in [0.2, 0.25) is 5.95 Å². The second-order valence-electron chi connectivity index (χ2n) is 5.69. The lowest BCUT2D eigenvalue weighted by atomic mass is 10.1. The maximum atomic E-state index is 14.1. The Morgan fingerprint density at radius 2 is 2.16 bits per heavy atom. The number of halogens is 3. The van der Waals surface area contributed by atoms with E-state index < -0.39 is 18.3 Å². The normalized spacial score (nSPS) is 12.2. The summed E-state index contributed by atoms with van der Waals surface area (Å²) < 4.78 is 41.3. The summed E-state index contributed by atoms with van der Waals surface area (Å²) >= 11 is 0. The van der Waals surface area contributed by atoms with Gasteiger partial charge in [-0.15, -0.1) is 0 Å². The Morgan fingerprint density at radius 3 is 2.96 bits per heavy atom. The van der Waals surface area contributed by atoms with Crippen molar-refractivity contribution in [3.8, 4) is 11.1 Å². The fraction of sp³-hybridized carbons (Fsp3) is 0.200. The van der Waals surface area contributed by atoms with Crippen molar-refractivity contribution in [2.24, 2.45) is 0 Å². The van der Waals surface area contributed by atoms with Crippen molar-refractivity contribution in [3.05, 3.63) is 36.8 Å². The third-order valence-corrected chi connectivity index (χ3v) is 3.63. The quantitative estimate of drug-likeness (QED) is 0.593. The molecule has 0 aromatic carbocycles. The van der Waals surface area contributed by atoms with Crippen molar-refractivity contribution in [3.63, 3.8) is 0 Å². The molecule has 4 heterocycles. The Labute approximate surface area is 138 Å². The van der Waals surface area contributed by atoms with Gasteiger partial charge in [0.05, 0.1) is 6.54 Å². The number of hydrogen-bond acceptors (Lipinski definition) is 5. The molecule has 4 aromatic heterocycles. The predicted molar refractivity (Wildman–Crippen MR) is 84.9 cm³/mol. The first-order valence-electron chi connectivity index (χ1n) is 7.36. The molecule has 7 nitrogen and oxygen atoms in total. The molecular formula is C15H12F3N7. The number of pyridine rings is 1. The van der Waals surface area contributed by atoms with Crippen LogP contribution in [0.4, 0.5) is 19.1 Å². The lowest BCUT2D eigenvalue weighted by Crippen LogP contribution is -2.23. The average molecular weight is 347 g/mol. The molecule has 25 heavy (non-hydrogen) atoms. The summed E-state index contributed by atoms with van der Waals surface area (Å²) in [7, 11) is 0. The zero-order valence-electron chi connectivity index (χ0n) is 13.0. The van der Waals surface area contributed by atoms with Crippen molar-refractivity contribution < 1.29 is 13.2 Å². The van der Waals surface area contributed by atoms with Crippen LogP contribution >= 0.6 is 0 Å². The Morgan fingerprint density at radius 1 is 1.32 bits per heavy atom. The number of anilines is 1. The van der Waals surface area contributed by atoms with E-state index >= 15 is 0 Å². The van der Waals surface area contributed by atoms with E-state index in [0.29, 0.717) is 22.2 Å². The lowest BCUT2D eigenvalue weighted by Gasteiger charge is -2.10. The standard InChI is InChI=1S/C15H12F3N7/c1-15(17,18)6-21-14-20-4-10-9(3-19-12(10)24-14)8-2-11(16)13-22-7-23-25(13)5-8/h2-5,7H,6H2,1H3,(H2,19,20,21,24). The second kappa shape index (κ2) is 5.43. The number of H-pyrrole nitrogens is 1. The molecular weight excluding hydrogens is 335 g/mol. The van der Waals surface area contributed by atoms with Gasteiger partial charge in [0.15, 0.2) is 11.5 Å². The zero-order chi connectivity index (χ0) is 17.6. The van der Waals surface area contributed by atoms with Crippen LogP contribution in [0.15, 0.2) is 31.0 Å². The second-order valence-corrected chi connectivity index (χ2v) is 5.69. The van der Waals surface area contributed by atoms with Crippen LogP contribution in [0.5, 0.6) is 0 Å². The maximum absolute atomic E-state index is 14.1. The average Bonchev–Trinajstić information content (AvgIpc) is 3.18. The summed E-state index contributed by atoms with van der Waals surface area (Å²) in [5, 5.41) is 7.05. The minimum absolute atomic E-state index is 0.0836. The first-order chi connectivity index (χ1) is 11.9. The van der Waals surface area contributed by atoms with Crippen LogP contribution in [0.1, 0.15) is 6.92 Å². The molecule has 128 valence electrons. The van der Waals surface area contributed by atoms with Gasteiger partial charge >= 0.3 is 0 Å². The molecule has 0 fully saturated rings. The summed E-state index contributed by atoms with van der Waals surface area (Å²) in [5.41, 5.74) is 1.81. The van der Waals surface area contributed by atoms with E-state index in [2.05, 4.69) is 30.4 Å². The van der Waals surface area contributed by atoms with Crippen LogP contribution in [0.3, 0.4) is 0 Å². The first kappa shape index (κ1) is 15.4. The van der Waals surface area contributed by atoms with Crippen LogP contribution in [0.2, 0.25) is 0 Å². The summed E-state index contributed by atoms with van der Waals surface area (Å²) in [6, 6.07) is 1.34. The highest BCUT2D eigenvalue weighted by Gasteiger charge is 2.21. The van der Waals surface area contributed by atoms with Crippen LogP contribution < -0.4 is 5.32 Å². The third kappa shape index (κ3) is 2.86. The van der Waals surface area contributed by atoms with Crippen molar-refractivity contribution in [1.82, 2.24) is 29.5 Å². The molecule has 0 aliphatic rings. The molecule has 2 N–H and O–H groups in total. The zero-order valence-corrected chi connectivity index (χ0v) is 13.0. The number of fused-ring (bicyclic) bond motifs is 2. The predicted octanol–water partition coefficient (Wildman–Crippen LogP) is 2.87. The Kier molecular flexibility index (Phi) is 3.34. The number of hydrogen-bond donors (Lipinski definition) is 2. The number of nitrogens with one attached hydrogen (secondary N) is 2. The van der Waals surface area contributed by atoms with Crippen LogP contribution in [-0.2, 0) is 0 Å². The molecule has 0 atom stereocenters. The van der Waals surface area contributed by atoms with E-state index in [9.17, 15) is 13.2 Å². The number of aromatic amines is 1. The van der Waals surface area contributed by atoms with Gasteiger partial charge in [0.1, 0.15) is 12.0 Å². The smallest absolute Gasteiger partial charge is 0.262 e. The summed E-state index contributed by atoms with van der Waals surface area (Å²) in [5.74, 6) is -3.29. The minimum atomic E-state index is -2.87. The molecule has 10 heteroatoms. The fourth-order valence-electron chi connectivity index (χ4n) is 2.50. The molecule has 0 saturated carbocycles. The van der Waals surface area contributed by atoms with Crippen LogP contribution in [0.25, 0.3) is 27.8 Å². The van der Waals surface area contributed by atoms with Gasteiger partial charge in [-0.3, -0.25) is 0 Å². The highest BCUT2D eigenvalue weighted by atomic mass is 19.3. The van der Waals surface area contributed by atoms with Crippen molar-refractivity contribution >= 4 is 22.6 Å². The van der Waals surface area contributed by atoms with Gasteiger partial charge in [0.25, 0.3) is 5.92 Å². The first-order valence-corrected chi connectivity index (χ1v) is 7.36.